The van der Waals surface area contributed by atoms with E-state index in [2.05, 4.69) is 17.2 Å². The second kappa shape index (κ2) is 7.45. The van der Waals surface area contributed by atoms with E-state index in [0.717, 1.165) is 38.8 Å². The third kappa shape index (κ3) is 3.97. The topological polar surface area (TPSA) is 70.4 Å². The first kappa shape index (κ1) is 15.8. The molecule has 6 nitrogen and oxygen atoms in total. The van der Waals surface area contributed by atoms with Gasteiger partial charge in [-0.05, 0) is 19.3 Å². The smallest absolute Gasteiger partial charge is 0.317 e. The minimum atomic E-state index is -0.615. The highest BCUT2D eigenvalue weighted by atomic mass is 16.3. The van der Waals surface area contributed by atoms with Gasteiger partial charge in [0.05, 0.1) is 0 Å². The molecule has 118 valence electrons. The maximum absolute atomic E-state index is 12.1. The standard InChI is InChI=1S/C15H26N4O2/c1-3-4-7-17-15(21)19-9-5-6-12(11-19)13(20)14-16-8-10-18(14)2/h8,10,12-13,20H,3-7,9,11H2,1-2H3,(H,17,21). The van der Waals surface area contributed by atoms with Gasteiger partial charge in [0.2, 0.25) is 0 Å². The van der Waals surface area contributed by atoms with Crippen LogP contribution in [-0.4, -0.2) is 45.2 Å². The van der Waals surface area contributed by atoms with Crippen molar-refractivity contribution in [2.45, 2.75) is 38.7 Å². The van der Waals surface area contributed by atoms with Gasteiger partial charge >= 0.3 is 6.03 Å². The van der Waals surface area contributed by atoms with Crippen molar-refractivity contribution in [2.24, 2.45) is 13.0 Å². The molecule has 1 aromatic rings. The zero-order valence-corrected chi connectivity index (χ0v) is 13.0. The fraction of sp³-hybridized carbons (Fsp3) is 0.733. The number of aromatic nitrogens is 2. The van der Waals surface area contributed by atoms with Crippen LogP contribution in [0, 0.1) is 5.92 Å². The molecule has 6 heteroatoms. The molecule has 2 amide bonds. The average Bonchev–Trinajstić information content (AvgIpc) is 2.93. The second-order valence-corrected chi connectivity index (χ2v) is 5.77. The fourth-order valence-electron chi connectivity index (χ4n) is 2.81. The van der Waals surface area contributed by atoms with Crippen molar-refractivity contribution in [1.82, 2.24) is 19.8 Å². The summed E-state index contributed by atoms with van der Waals surface area (Å²) in [4.78, 5) is 18.1. The van der Waals surface area contributed by atoms with Gasteiger partial charge in [-0.1, -0.05) is 13.3 Å². The lowest BCUT2D eigenvalue weighted by Gasteiger charge is -2.34. The SMILES string of the molecule is CCCCNC(=O)N1CCCC(C(O)c2nccn2C)C1. The summed E-state index contributed by atoms with van der Waals surface area (Å²) in [6.45, 7) is 4.18. The summed E-state index contributed by atoms with van der Waals surface area (Å²) in [5.74, 6) is 0.727. The third-order valence-corrected chi connectivity index (χ3v) is 4.12. The maximum Gasteiger partial charge on any atom is 0.317 e. The summed E-state index contributed by atoms with van der Waals surface area (Å²) in [7, 11) is 1.88. The van der Waals surface area contributed by atoms with E-state index in [4.69, 9.17) is 0 Å². The molecular weight excluding hydrogens is 268 g/mol. The Morgan fingerprint density at radius 2 is 2.43 bits per heavy atom. The number of aryl methyl sites for hydroxylation is 1. The van der Waals surface area contributed by atoms with E-state index >= 15 is 0 Å². The van der Waals surface area contributed by atoms with Crippen LogP contribution in [0.4, 0.5) is 4.79 Å². The molecule has 1 fully saturated rings. The largest absolute Gasteiger partial charge is 0.385 e. The van der Waals surface area contributed by atoms with Gasteiger partial charge in [-0.3, -0.25) is 0 Å². The molecule has 0 aromatic carbocycles. The van der Waals surface area contributed by atoms with Gasteiger partial charge in [0.25, 0.3) is 0 Å². The van der Waals surface area contributed by atoms with Crippen LogP contribution in [0.2, 0.25) is 0 Å². The van der Waals surface area contributed by atoms with Crippen molar-refractivity contribution in [3.8, 4) is 0 Å². The number of hydrogen-bond donors (Lipinski definition) is 2. The molecular formula is C15H26N4O2. The van der Waals surface area contributed by atoms with Crippen LogP contribution < -0.4 is 5.32 Å². The van der Waals surface area contributed by atoms with Crippen molar-refractivity contribution in [1.29, 1.82) is 0 Å². The summed E-state index contributed by atoms with van der Waals surface area (Å²) < 4.78 is 1.84. The Bertz CT molecular complexity index is 460. The Kier molecular flexibility index (Phi) is 5.61. The number of imidazole rings is 1. The Labute approximate surface area is 126 Å². The molecule has 0 spiro atoms. The molecule has 2 unspecified atom stereocenters. The normalized spacial score (nSPS) is 20.3. The van der Waals surface area contributed by atoms with Gasteiger partial charge in [0.1, 0.15) is 11.9 Å². The number of hydrogen-bond acceptors (Lipinski definition) is 3. The lowest BCUT2D eigenvalue weighted by atomic mass is 9.92. The first-order valence-corrected chi connectivity index (χ1v) is 7.81. The number of piperidine rings is 1. The number of amides is 2. The van der Waals surface area contributed by atoms with Crippen molar-refractivity contribution >= 4 is 6.03 Å². The molecule has 1 saturated heterocycles. The molecule has 2 N–H and O–H groups in total. The van der Waals surface area contributed by atoms with Gasteiger partial charge in [0, 0.05) is 45.0 Å². The number of carbonyl (C=O) groups excluding carboxylic acids is 1. The molecule has 2 heterocycles. The minimum absolute atomic E-state index is 0.0137. The van der Waals surface area contributed by atoms with Crippen LogP contribution in [0.5, 0.6) is 0 Å². The highest BCUT2D eigenvalue weighted by Gasteiger charge is 2.30. The molecule has 0 saturated carbocycles. The number of likely N-dealkylation sites (tertiary alicyclic amines) is 1. The lowest BCUT2D eigenvalue weighted by Crippen LogP contribution is -2.47. The highest BCUT2D eigenvalue weighted by Crippen LogP contribution is 2.28. The highest BCUT2D eigenvalue weighted by molar-refractivity contribution is 5.74. The molecule has 2 atom stereocenters. The number of rotatable bonds is 5. The van der Waals surface area contributed by atoms with Crippen molar-refractivity contribution in [2.75, 3.05) is 19.6 Å². The summed E-state index contributed by atoms with van der Waals surface area (Å²) in [5, 5.41) is 13.4. The van der Waals surface area contributed by atoms with Gasteiger partial charge in [-0.2, -0.15) is 0 Å². The van der Waals surface area contributed by atoms with E-state index < -0.39 is 6.10 Å². The van der Waals surface area contributed by atoms with Crippen LogP contribution in [-0.2, 0) is 7.05 Å². The van der Waals surface area contributed by atoms with E-state index in [-0.39, 0.29) is 11.9 Å². The third-order valence-electron chi connectivity index (χ3n) is 4.12. The first-order valence-electron chi connectivity index (χ1n) is 7.81. The molecule has 2 rings (SSSR count). The number of nitrogens with one attached hydrogen (secondary N) is 1. The quantitative estimate of drug-likeness (QED) is 0.812. The average molecular weight is 294 g/mol. The fourth-order valence-corrected chi connectivity index (χ4v) is 2.81. The van der Waals surface area contributed by atoms with E-state index in [1.54, 1.807) is 6.20 Å². The van der Waals surface area contributed by atoms with Crippen LogP contribution in [0.15, 0.2) is 12.4 Å². The molecule has 0 aliphatic carbocycles. The Balaban J connectivity index is 1.91. The number of unbranched alkanes of at least 4 members (excludes halogenated alkanes) is 1. The van der Waals surface area contributed by atoms with E-state index in [0.29, 0.717) is 12.4 Å². The van der Waals surface area contributed by atoms with Crippen molar-refractivity contribution in [3.63, 3.8) is 0 Å². The zero-order chi connectivity index (χ0) is 15.2. The predicted octanol–water partition coefficient (Wildman–Crippen LogP) is 1.68. The van der Waals surface area contributed by atoms with Crippen molar-refractivity contribution in [3.05, 3.63) is 18.2 Å². The first-order chi connectivity index (χ1) is 10.1. The van der Waals surface area contributed by atoms with Gasteiger partial charge in [-0.25, -0.2) is 9.78 Å². The van der Waals surface area contributed by atoms with E-state index in [1.165, 1.54) is 0 Å². The number of aliphatic hydroxyl groups is 1. The Morgan fingerprint density at radius 3 is 3.10 bits per heavy atom. The van der Waals surface area contributed by atoms with Gasteiger partial charge in [0.15, 0.2) is 0 Å². The summed E-state index contributed by atoms with van der Waals surface area (Å²) in [6.07, 6.45) is 6.82. The Morgan fingerprint density at radius 1 is 1.62 bits per heavy atom. The molecule has 21 heavy (non-hydrogen) atoms. The second-order valence-electron chi connectivity index (χ2n) is 5.77. The summed E-state index contributed by atoms with van der Waals surface area (Å²) in [6, 6.07) is -0.0137. The van der Waals surface area contributed by atoms with Crippen LogP contribution in [0.3, 0.4) is 0 Å². The van der Waals surface area contributed by atoms with Crippen molar-refractivity contribution < 1.29 is 9.90 Å². The molecule has 1 aromatic heterocycles. The Hall–Kier alpha value is -1.56. The van der Waals surface area contributed by atoms with E-state index in [9.17, 15) is 9.90 Å². The molecule has 1 aliphatic heterocycles. The maximum atomic E-state index is 12.1. The van der Waals surface area contributed by atoms with Gasteiger partial charge < -0.3 is 19.9 Å². The molecule has 0 radical (unpaired) electrons. The van der Waals surface area contributed by atoms with Crippen LogP contribution in [0.1, 0.15) is 44.5 Å². The summed E-state index contributed by atoms with van der Waals surface area (Å²) in [5.41, 5.74) is 0. The monoisotopic (exact) mass is 294 g/mol. The van der Waals surface area contributed by atoms with Gasteiger partial charge in [-0.15, -0.1) is 0 Å². The minimum Gasteiger partial charge on any atom is -0.385 e. The predicted molar refractivity (Wildman–Crippen MR) is 80.8 cm³/mol. The number of aliphatic hydroxyl groups excluding tert-OH is 1. The molecule has 0 bridgehead atoms. The van der Waals surface area contributed by atoms with Crippen LogP contribution in [0.25, 0.3) is 0 Å². The molecule has 1 aliphatic rings. The zero-order valence-electron chi connectivity index (χ0n) is 13.0. The summed E-state index contributed by atoms with van der Waals surface area (Å²) >= 11 is 0. The van der Waals surface area contributed by atoms with E-state index in [1.807, 2.05) is 22.7 Å². The number of carbonyl (C=O) groups is 1. The van der Waals surface area contributed by atoms with Crippen LogP contribution >= 0.6 is 0 Å². The lowest BCUT2D eigenvalue weighted by molar-refractivity contribution is 0.0533. The number of urea groups is 1. The number of nitrogens with zero attached hydrogens (tertiary/aromatic N) is 3.